The molecule has 0 aromatic carbocycles. The molecule has 0 aliphatic rings. The highest BCUT2D eigenvalue weighted by atomic mass is 31.2. The molecule has 0 rings (SSSR count). The van der Waals surface area contributed by atoms with Crippen LogP contribution in [0.2, 0.25) is 0 Å². The predicted molar refractivity (Wildman–Crippen MR) is 47.7 cm³/mol. The molecule has 0 heterocycles. The van der Waals surface area contributed by atoms with Gasteiger partial charge in [-0.1, -0.05) is 26.3 Å². The maximum absolute atomic E-state index is 3.68. The van der Waals surface area contributed by atoms with E-state index in [9.17, 15) is 0 Å². The van der Waals surface area contributed by atoms with E-state index in [2.05, 4.69) is 26.3 Å². The zero-order valence-electron chi connectivity index (χ0n) is 5.59. The van der Waals surface area contributed by atoms with Crippen molar-refractivity contribution in [3.05, 3.63) is 49.6 Å². The van der Waals surface area contributed by atoms with E-state index in [1.54, 1.807) is 0 Å². The Bertz CT molecular complexity index is 107. The minimum absolute atomic E-state index is 1.36. The minimum atomic E-state index is -1.36. The summed E-state index contributed by atoms with van der Waals surface area (Å²) in [4.78, 5) is 0. The van der Waals surface area contributed by atoms with Crippen LogP contribution in [-0.4, -0.2) is 0 Å². The first kappa shape index (κ1) is 8.39. The van der Waals surface area contributed by atoms with Gasteiger partial charge >= 0.3 is 0 Å². The van der Waals surface area contributed by atoms with Crippen molar-refractivity contribution in [1.29, 1.82) is 0 Å². The molecule has 48 valence electrons. The molecular formula is C8H12P+. The Morgan fingerprint density at radius 2 is 0.889 bits per heavy atom. The fraction of sp³-hybridized carbons (Fsp3) is 0. The van der Waals surface area contributed by atoms with E-state index in [1.165, 1.54) is 0 Å². The molecule has 0 aliphatic heterocycles. The van der Waals surface area contributed by atoms with Crippen LogP contribution in [0.1, 0.15) is 0 Å². The lowest BCUT2D eigenvalue weighted by Gasteiger charge is -2.04. The van der Waals surface area contributed by atoms with E-state index >= 15 is 0 Å². The summed E-state index contributed by atoms with van der Waals surface area (Å²) >= 11 is 0. The zero-order valence-corrected chi connectivity index (χ0v) is 6.48. The SMILES string of the molecule is C=C[P+](C=C)(C=C)C=C. The Hall–Kier alpha value is -0.610. The molecule has 0 radical (unpaired) electrons. The maximum atomic E-state index is 3.68. The summed E-state index contributed by atoms with van der Waals surface area (Å²) in [7, 11) is -1.36. The normalized spacial score (nSPS) is 9.78. The summed E-state index contributed by atoms with van der Waals surface area (Å²) in [5.74, 6) is 7.44. The third kappa shape index (κ3) is 1.65. The fourth-order valence-corrected chi connectivity index (χ4v) is 1.34. The maximum Gasteiger partial charge on any atom is 0.112 e. The second kappa shape index (κ2) is 3.42. The van der Waals surface area contributed by atoms with Gasteiger partial charge in [0.2, 0.25) is 0 Å². The fourth-order valence-electron chi connectivity index (χ4n) is 0.447. The largest absolute Gasteiger partial charge is 0.112 e. The minimum Gasteiger partial charge on any atom is -0.0628 e. The average Bonchev–Trinajstić information content (AvgIpc) is 1.95. The Balaban J connectivity index is 4.53. The summed E-state index contributed by atoms with van der Waals surface area (Å²) in [5, 5.41) is 0. The number of rotatable bonds is 4. The molecule has 0 aromatic heterocycles. The molecular weight excluding hydrogens is 127 g/mol. The van der Waals surface area contributed by atoms with Gasteiger partial charge in [-0.05, 0) is 0 Å². The van der Waals surface area contributed by atoms with Gasteiger partial charge in [0, 0.05) is 0 Å². The van der Waals surface area contributed by atoms with Gasteiger partial charge in [0.15, 0.2) is 0 Å². The molecule has 0 saturated carbocycles. The molecule has 9 heavy (non-hydrogen) atoms. The van der Waals surface area contributed by atoms with E-state index in [-0.39, 0.29) is 0 Å². The molecule has 0 N–H and O–H groups in total. The Morgan fingerprint density at radius 1 is 0.667 bits per heavy atom. The van der Waals surface area contributed by atoms with E-state index in [0.717, 1.165) is 0 Å². The molecule has 0 bridgehead atoms. The van der Waals surface area contributed by atoms with Crippen molar-refractivity contribution in [2.24, 2.45) is 0 Å². The summed E-state index contributed by atoms with van der Waals surface area (Å²) in [6.07, 6.45) is 0. The predicted octanol–water partition coefficient (Wildman–Crippen LogP) is 3.58. The monoisotopic (exact) mass is 139 g/mol. The van der Waals surface area contributed by atoms with Crippen molar-refractivity contribution in [2.75, 3.05) is 0 Å². The number of hydrogen-bond acceptors (Lipinski definition) is 0. The van der Waals surface area contributed by atoms with E-state index in [0.29, 0.717) is 0 Å². The highest BCUT2D eigenvalue weighted by Gasteiger charge is 2.20. The lowest BCUT2D eigenvalue weighted by molar-refractivity contribution is 2.26. The Kier molecular flexibility index (Phi) is 3.19. The van der Waals surface area contributed by atoms with Crippen LogP contribution in [0.25, 0.3) is 0 Å². The average molecular weight is 139 g/mol. The van der Waals surface area contributed by atoms with Crippen LogP contribution >= 0.6 is 7.26 Å². The van der Waals surface area contributed by atoms with Crippen molar-refractivity contribution in [1.82, 2.24) is 0 Å². The van der Waals surface area contributed by atoms with Gasteiger partial charge in [0.05, 0.1) is 23.3 Å². The van der Waals surface area contributed by atoms with E-state index in [4.69, 9.17) is 0 Å². The van der Waals surface area contributed by atoms with Gasteiger partial charge in [-0.3, -0.25) is 0 Å². The molecule has 0 spiro atoms. The van der Waals surface area contributed by atoms with Crippen molar-refractivity contribution >= 4 is 7.26 Å². The lowest BCUT2D eigenvalue weighted by Crippen LogP contribution is -1.69. The van der Waals surface area contributed by atoms with E-state index in [1.807, 2.05) is 23.3 Å². The van der Waals surface area contributed by atoms with E-state index < -0.39 is 7.26 Å². The zero-order chi connectivity index (χ0) is 7.33. The van der Waals surface area contributed by atoms with Crippen molar-refractivity contribution in [3.63, 3.8) is 0 Å². The van der Waals surface area contributed by atoms with Crippen LogP contribution in [0.4, 0.5) is 0 Å². The van der Waals surface area contributed by atoms with Crippen LogP contribution in [-0.2, 0) is 0 Å². The molecule has 0 saturated heterocycles. The summed E-state index contributed by atoms with van der Waals surface area (Å²) in [6, 6.07) is 0. The van der Waals surface area contributed by atoms with Gasteiger partial charge in [-0.15, -0.1) is 0 Å². The standard InChI is InChI=1S/C8H12P/c1-5-9(6-2,7-3)8-4/h5-8H,1-4H2/q+1. The summed E-state index contributed by atoms with van der Waals surface area (Å²) in [5.41, 5.74) is 0. The van der Waals surface area contributed by atoms with Crippen molar-refractivity contribution in [2.45, 2.75) is 0 Å². The molecule has 0 unspecified atom stereocenters. The van der Waals surface area contributed by atoms with Crippen LogP contribution in [0.15, 0.2) is 49.6 Å². The van der Waals surface area contributed by atoms with Crippen molar-refractivity contribution < 1.29 is 0 Å². The summed E-state index contributed by atoms with van der Waals surface area (Å²) in [6.45, 7) is 14.7. The highest BCUT2D eigenvalue weighted by Crippen LogP contribution is 2.63. The Labute approximate surface area is 57.6 Å². The number of hydrogen-bond donors (Lipinski definition) is 0. The first-order valence-corrected chi connectivity index (χ1v) is 4.73. The van der Waals surface area contributed by atoms with Crippen LogP contribution in [0.5, 0.6) is 0 Å². The van der Waals surface area contributed by atoms with Crippen LogP contribution in [0.3, 0.4) is 0 Å². The Morgan fingerprint density at radius 3 is 0.889 bits per heavy atom. The molecule has 0 fully saturated rings. The topological polar surface area (TPSA) is 0 Å². The third-order valence-corrected chi connectivity index (χ3v) is 3.79. The van der Waals surface area contributed by atoms with Gasteiger partial charge in [-0.25, -0.2) is 0 Å². The molecule has 0 nitrogen and oxygen atoms in total. The molecule has 0 amide bonds. The molecule has 0 aromatic rings. The van der Waals surface area contributed by atoms with Crippen LogP contribution in [0, 0.1) is 0 Å². The second-order valence-electron chi connectivity index (χ2n) is 1.62. The molecule has 0 aliphatic carbocycles. The molecule has 0 atom stereocenters. The molecule has 1 heteroatoms. The van der Waals surface area contributed by atoms with Crippen LogP contribution < -0.4 is 0 Å². The van der Waals surface area contributed by atoms with Gasteiger partial charge < -0.3 is 0 Å². The quantitative estimate of drug-likeness (QED) is 0.522. The lowest BCUT2D eigenvalue weighted by atomic mass is 11.2. The summed E-state index contributed by atoms with van der Waals surface area (Å²) < 4.78 is 0. The first-order chi connectivity index (χ1) is 4.24. The third-order valence-electron chi connectivity index (χ3n) is 1.26. The van der Waals surface area contributed by atoms with Gasteiger partial charge in [0.25, 0.3) is 0 Å². The van der Waals surface area contributed by atoms with Gasteiger partial charge in [-0.2, -0.15) is 0 Å². The van der Waals surface area contributed by atoms with Crippen molar-refractivity contribution in [3.8, 4) is 0 Å². The highest BCUT2D eigenvalue weighted by molar-refractivity contribution is 7.87. The first-order valence-electron chi connectivity index (χ1n) is 2.67. The van der Waals surface area contributed by atoms with Gasteiger partial charge in [0.1, 0.15) is 7.26 Å². The second-order valence-corrected chi connectivity index (χ2v) is 4.87. The smallest absolute Gasteiger partial charge is 0.0628 e.